The zero-order valence-corrected chi connectivity index (χ0v) is 14.9. The van der Waals surface area contributed by atoms with E-state index in [4.69, 9.17) is 4.74 Å². The third-order valence-electron chi connectivity index (χ3n) is 5.08. The van der Waals surface area contributed by atoms with E-state index < -0.39 is 35.3 Å². The Balaban J connectivity index is 1.79. The monoisotopic (exact) mass is 358 g/mol. The Morgan fingerprint density at radius 3 is 2.19 bits per heavy atom. The van der Waals surface area contributed by atoms with E-state index in [9.17, 15) is 19.2 Å². The second-order valence-electron chi connectivity index (χ2n) is 6.70. The van der Waals surface area contributed by atoms with E-state index >= 15 is 0 Å². The van der Waals surface area contributed by atoms with Gasteiger partial charge in [-0.25, -0.2) is 4.79 Å². The average Bonchev–Trinajstić information content (AvgIpc) is 3.20. The summed E-state index contributed by atoms with van der Waals surface area (Å²) in [6, 6.07) is 5.46. The van der Waals surface area contributed by atoms with Crippen molar-refractivity contribution in [2.24, 2.45) is 0 Å². The number of amides is 3. The van der Waals surface area contributed by atoms with Gasteiger partial charge in [-0.1, -0.05) is 25.0 Å². The molecule has 1 atom stereocenters. The lowest BCUT2D eigenvalue weighted by Crippen LogP contribution is -2.58. The van der Waals surface area contributed by atoms with E-state index in [0.717, 1.165) is 17.7 Å². The van der Waals surface area contributed by atoms with Crippen LogP contribution < -0.4 is 5.32 Å². The fraction of sp³-hybridized carbons (Fsp3) is 0.474. The molecule has 0 radical (unpaired) electrons. The van der Waals surface area contributed by atoms with Crippen LogP contribution in [0.3, 0.4) is 0 Å². The van der Waals surface area contributed by atoms with E-state index in [2.05, 4.69) is 5.32 Å². The largest absolute Gasteiger partial charge is 0.464 e. The predicted molar refractivity (Wildman–Crippen MR) is 92.4 cm³/mol. The van der Waals surface area contributed by atoms with Crippen molar-refractivity contribution in [2.45, 2.75) is 51.1 Å². The number of benzene rings is 1. The molecule has 1 aromatic rings. The van der Waals surface area contributed by atoms with Gasteiger partial charge in [0.1, 0.15) is 11.6 Å². The number of hydrogen-bond donors (Lipinski definition) is 1. The van der Waals surface area contributed by atoms with Gasteiger partial charge in [0.15, 0.2) is 0 Å². The molecule has 1 heterocycles. The summed E-state index contributed by atoms with van der Waals surface area (Å²) in [5.74, 6) is -1.98. The molecule has 0 unspecified atom stereocenters. The molecule has 26 heavy (non-hydrogen) atoms. The molecule has 7 heteroatoms. The topological polar surface area (TPSA) is 92.8 Å². The summed E-state index contributed by atoms with van der Waals surface area (Å²) in [5, 5.41) is 2.76. The summed E-state index contributed by atoms with van der Waals surface area (Å²) in [7, 11) is 0. The molecular formula is C19H22N2O5. The molecule has 1 aromatic carbocycles. The minimum Gasteiger partial charge on any atom is -0.464 e. The second kappa shape index (κ2) is 6.90. The summed E-state index contributed by atoms with van der Waals surface area (Å²) in [6.07, 6.45) is 2.60. The van der Waals surface area contributed by atoms with Crippen molar-refractivity contribution in [1.29, 1.82) is 0 Å². The van der Waals surface area contributed by atoms with Gasteiger partial charge >= 0.3 is 5.97 Å². The van der Waals surface area contributed by atoms with Gasteiger partial charge in [-0.15, -0.1) is 0 Å². The van der Waals surface area contributed by atoms with Crippen LogP contribution in [0.15, 0.2) is 24.3 Å². The maximum Gasteiger partial charge on any atom is 0.331 e. The molecule has 3 amide bonds. The SMILES string of the molecule is CCOC(=O)C1(NC(=O)[C@H](C)N2C(=O)c3ccccc3C2=O)CCCC1. The molecule has 1 fully saturated rings. The van der Waals surface area contributed by atoms with Crippen LogP contribution in [0.1, 0.15) is 60.2 Å². The lowest BCUT2D eigenvalue weighted by Gasteiger charge is -2.31. The summed E-state index contributed by atoms with van der Waals surface area (Å²) in [5.41, 5.74) is -0.490. The fourth-order valence-corrected chi connectivity index (χ4v) is 3.65. The molecule has 3 rings (SSSR count). The first kappa shape index (κ1) is 18.1. The van der Waals surface area contributed by atoms with Crippen molar-refractivity contribution in [2.75, 3.05) is 6.61 Å². The molecule has 1 aliphatic carbocycles. The third-order valence-corrected chi connectivity index (χ3v) is 5.08. The fourth-order valence-electron chi connectivity index (χ4n) is 3.65. The Morgan fingerprint density at radius 2 is 1.69 bits per heavy atom. The molecule has 7 nitrogen and oxygen atoms in total. The highest BCUT2D eigenvalue weighted by Gasteiger charge is 2.47. The molecule has 1 N–H and O–H groups in total. The first-order valence-electron chi connectivity index (χ1n) is 8.87. The standard InChI is InChI=1S/C19H22N2O5/c1-3-26-18(25)19(10-6-7-11-19)20-15(22)12(2)21-16(23)13-8-4-5-9-14(13)17(21)24/h4-5,8-9,12H,3,6-7,10-11H2,1-2H3,(H,20,22)/t12-/m0/s1. The van der Waals surface area contributed by atoms with Crippen LogP contribution in [0.25, 0.3) is 0 Å². The normalized spacial score (nSPS) is 19.2. The summed E-state index contributed by atoms with van der Waals surface area (Å²) in [6.45, 7) is 3.43. The van der Waals surface area contributed by atoms with Crippen LogP contribution in [-0.4, -0.2) is 46.8 Å². The smallest absolute Gasteiger partial charge is 0.331 e. The Bertz CT molecular complexity index is 732. The number of hydrogen-bond acceptors (Lipinski definition) is 5. The zero-order valence-electron chi connectivity index (χ0n) is 14.9. The number of ether oxygens (including phenoxy) is 1. The molecule has 1 saturated carbocycles. The van der Waals surface area contributed by atoms with Crippen LogP contribution in [0.4, 0.5) is 0 Å². The highest BCUT2D eigenvalue weighted by Crippen LogP contribution is 2.32. The molecule has 1 aliphatic heterocycles. The molecular weight excluding hydrogens is 336 g/mol. The van der Waals surface area contributed by atoms with Gasteiger partial charge in [0.25, 0.3) is 11.8 Å². The van der Waals surface area contributed by atoms with Crippen LogP contribution in [0.2, 0.25) is 0 Å². The van der Waals surface area contributed by atoms with Gasteiger partial charge in [0.2, 0.25) is 5.91 Å². The van der Waals surface area contributed by atoms with Crippen LogP contribution >= 0.6 is 0 Å². The highest BCUT2D eigenvalue weighted by molar-refractivity contribution is 6.22. The number of nitrogens with zero attached hydrogens (tertiary/aromatic N) is 1. The summed E-state index contributed by atoms with van der Waals surface area (Å²) >= 11 is 0. The minimum atomic E-state index is -1.07. The number of esters is 1. The molecule has 138 valence electrons. The number of rotatable bonds is 5. The van der Waals surface area contributed by atoms with Gasteiger partial charge in [-0.2, -0.15) is 0 Å². The van der Waals surface area contributed by atoms with Gasteiger partial charge in [-0.3, -0.25) is 19.3 Å². The van der Waals surface area contributed by atoms with E-state index in [0.29, 0.717) is 12.8 Å². The van der Waals surface area contributed by atoms with E-state index in [1.54, 1.807) is 31.2 Å². The van der Waals surface area contributed by atoms with Crippen molar-refractivity contribution >= 4 is 23.7 Å². The maximum atomic E-state index is 12.8. The average molecular weight is 358 g/mol. The Kier molecular flexibility index (Phi) is 4.80. The first-order chi connectivity index (χ1) is 12.4. The van der Waals surface area contributed by atoms with E-state index in [-0.39, 0.29) is 17.7 Å². The number of carbonyl (C=O) groups is 4. The number of fused-ring (bicyclic) bond motifs is 1. The number of imide groups is 1. The molecule has 0 aromatic heterocycles. The third kappa shape index (κ3) is 2.87. The Hall–Kier alpha value is -2.70. The highest BCUT2D eigenvalue weighted by atomic mass is 16.5. The van der Waals surface area contributed by atoms with Gasteiger partial charge in [0, 0.05) is 0 Å². The molecule has 0 saturated heterocycles. The van der Waals surface area contributed by atoms with E-state index in [1.807, 2.05) is 0 Å². The van der Waals surface area contributed by atoms with Crippen molar-refractivity contribution in [1.82, 2.24) is 10.2 Å². The number of carbonyl (C=O) groups excluding carboxylic acids is 4. The Morgan fingerprint density at radius 1 is 1.15 bits per heavy atom. The van der Waals surface area contributed by atoms with Crippen molar-refractivity contribution in [3.05, 3.63) is 35.4 Å². The van der Waals surface area contributed by atoms with Crippen molar-refractivity contribution in [3.63, 3.8) is 0 Å². The summed E-state index contributed by atoms with van der Waals surface area (Å²) < 4.78 is 5.13. The second-order valence-corrected chi connectivity index (χ2v) is 6.70. The molecule has 0 bridgehead atoms. The van der Waals surface area contributed by atoms with Gasteiger partial charge in [0.05, 0.1) is 17.7 Å². The van der Waals surface area contributed by atoms with Crippen LogP contribution in [0.5, 0.6) is 0 Å². The van der Waals surface area contributed by atoms with Crippen molar-refractivity contribution < 1.29 is 23.9 Å². The van der Waals surface area contributed by atoms with E-state index in [1.165, 1.54) is 6.92 Å². The quantitative estimate of drug-likeness (QED) is 0.638. The van der Waals surface area contributed by atoms with Gasteiger partial charge in [-0.05, 0) is 38.8 Å². The van der Waals surface area contributed by atoms with Gasteiger partial charge < -0.3 is 10.1 Å². The molecule has 2 aliphatic rings. The zero-order chi connectivity index (χ0) is 18.9. The van der Waals surface area contributed by atoms with Crippen LogP contribution in [-0.2, 0) is 14.3 Å². The lowest BCUT2D eigenvalue weighted by molar-refractivity contribution is -0.153. The Labute approximate surface area is 151 Å². The minimum absolute atomic E-state index is 0.227. The molecule has 0 spiro atoms. The number of nitrogens with one attached hydrogen (secondary N) is 1. The first-order valence-corrected chi connectivity index (χ1v) is 8.87. The van der Waals surface area contributed by atoms with Crippen molar-refractivity contribution in [3.8, 4) is 0 Å². The van der Waals surface area contributed by atoms with Crippen LogP contribution in [0, 0.1) is 0 Å². The summed E-state index contributed by atoms with van der Waals surface area (Å²) in [4.78, 5) is 51.2. The maximum absolute atomic E-state index is 12.8. The lowest BCUT2D eigenvalue weighted by atomic mass is 9.97. The predicted octanol–water partition coefficient (Wildman–Crippen LogP) is 1.66.